The van der Waals surface area contributed by atoms with Crippen molar-refractivity contribution in [1.29, 1.82) is 0 Å². The van der Waals surface area contributed by atoms with Crippen molar-refractivity contribution < 1.29 is 73.8 Å². The molecule has 0 spiro atoms. The van der Waals surface area contributed by atoms with Gasteiger partial charge in [-0.1, -0.05) is 32.4 Å². The normalized spacial score (nSPS) is 17.1. The summed E-state index contributed by atoms with van der Waals surface area (Å²) in [5.74, 6) is -9.71. The van der Waals surface area contributed by atoms with E-state index in [2.05, 4.69) is 31.9 Å². The topological polar surface area (TPSA) is 414 Å². The number of carboxylic acid groups (broad SMARTS) is 1. The molecule has 1 aliphatic rings. The molecule has 0 bridgehead atoms. The molecule has 2 rings (SSSR count). The molecular formula is C40H64N10O15. The first kappa shape index (κ1) is 55.1. The number of aliphatic hydroxyl groups is 4. The van der Waals surface area contributed by atoms with Gasteiger partial charge in [-0.15, -0.1) is 0 Å². The molecule has 1 fully saturated rings. The molecule has 65 heavy (non-hydrogen) atoms. The van der Waals surface area contributed by atoms with Crippen LogP contribution in [-0.4, -0.2) is 183 Å². The van der Waals surface area contributed by atoms with Gasteiger partial charge in [0.25, 0.3) is 0 Å². The number of unbranched alkanes of at least 4 members (excludes halogenated alkanes) is 1. The fraction of sp³-hybridized carbons (Fsp3) is 0.625. The second kappa shape index (κ2) is 28.0. The van der Waals surface area contributed by atoms with Crippen molar-refractivity contribution in [1.82, 2.24) is 42.1 Å². The first-order valence-electron chi connectivity index (χ1n) is 21.2. The summed E-state index contributed by atoms with van der Waals surface area (Å²) < 4.78 is 0. The fourth-order valence-corrected chi connectivity index (χ4v) is 6.64. The van der Waals surface area contributed by atoms with E-state index in [4.69, 9.17) is 16.6 Å². The molecule has 1 aliphatic heterocycles. The van der Waals surface area contributed by atoms with Gasteiger partial charge < -0.3 is 84.2 Å². The molecule has 364 valence electrons. The summed E-state index contributed by atoms with van der Waals surface area (Å²) in [5, 5.41) is 74.8. The smallest absolute Gasteiger partial charge is 0.328 e. The van der Waals surface area contributed by atoms with E-state index in [1.165, 1.54) is 29.2 Å². The van der Waals surface area contributed by atoms with Crippen molar-refractivity contribution in [3.8, 4) is 5.75 Å². The van der Waals surface area contributed by atoms with Crippen molar-refractivity contribution in [2.45, 2.75) is 107 Å². The molecule has 1 aromatic carbocycles. The number of nitrogens with one attached hydrogen (secondary N) is 7. The number of nitrogens with zero attached hydrogens (tertiary/aromatic N) is 1. The first-order chi connectivity index (χ1) is 30.9. The molecule has 8 amide bonds. The molecule has 25 nitrogen and oxygen atoms in total. The zero-order chi connectivity index (χ0) is 48.8. The molecule has 1 heterocycles. The van der Waals surface area contributed by atoms with E-state index in [1.807, 2.05) is 5.32 Å². The molecule has 9 atom stereocenters. The molecule has 0 aliphatic carbocycles. The number of phenols is 1. The van der Waals surface area contributed by atoms with Crippen LogP contribution in [0.15, 0.2) is 24.3 Å². The van der Waals surface area contributed by atoms with Gasteiger partial charge in [0.05, 0.1) is 33.0 Å². The summed E-state index contributed by atoms with van der Waals surface area (Å²) in [5.41, 5.74) is 11.5. The summed E-state index contributed by atoms with van der Waals surface area (Å²) in [7, 11) is 0. The van der Waals surface area contributed by atoms with Crippen LogP contribution < -0.4 is 48.7 Å². The summed E-state index contributed by atoms with van der Waals surface area (Å²) in [4.78, 5) is 119. The Labute approximate surface area is 374 Å². The number of aliphatic hydroxyl groups excluding tert-OH is 4. The van der Waals surface area contributed by atoms with E-state index in [9.17, 15) is 68.7 Å². The third-order valence-electron chi connectivity index (χ3n) is 10.7. The van der Waals surface area contributed by atoms with Crippen LogP contribution in [0.25, 0.3) is 0 Å². The van der Waals surface area contributed by atoms with Gasteiger partial charge in [0.15, 0.2) is 0 Å². The van der Waals surface area contributed by atoms with Gasteiger partial charge >= 0.3 is 5.97 Å². The third-order valence-corrected chi connectivity index (χ3v) is 10.7. The summed E-state index contributed by atoms with van der Waals surface area (Å²) in [6.45, 7) is -0.511. The third kappa shape index (κ3) is 17.2. The van der Waals surface area contributed by atoms with E-state index in [0.717, 1.165) is 0 Å². The number of likely N-dealkylation sites (tertiary alicyclic amines) is 1. The van der Waals surface area contributed by atoms with E-state index < -0.39 is 134 Å². The number of aromatic hydroxyl groups is 1. The monoisotopic (exact) mass is 924 g/mol. The van der Waals surface area contributed by atoms with Gasteiger partial charge in [-0.2, -0.15) is 0 Å². The lowest BCUT2D eigenvalue weighted by atomic mass is 9.97. The van der Waals surface area contributed by atoms with Crippen LogP contribution >= 0.6 is 0 Å². The molecular weight excluding hydrogens is 860 g/mol. The minimum Gasteiger partial charge on any atom is -0.508 e. The Hall–Kier alpha value is -5.99. The van der Waals surface area contributed by atoms with Crippen LogP contribution in [0.2, 0.25) is 0 Å². The first-order valence-corrected chi connectivity index (χ1v) is 21.2. The van der Waals surface area contributed by atoms with Crippen molar-refractivity contribution >= 4 is 53.2 Å². The standard InChI is InChI=1S/C40H64N10O15/c1-3-21(2)32(39(63)43-24(7-4-5-13-41)33(57)45-26(17-51)36(60)48-29(20-54)40(64)65)49-37(61)28(19-53)46-34(58)25(15-22-9-11-23(55)12-10-22)44-35(59)27(18-52)47-38(62)30-8-6-14-50(30)31(56)16-42/h9-12,21,24-30,32,51-55H,3-8,13-20,41-42H2,1-2H3,(H,43,63)(H,44,59)(H,45,57)(H,46,58)(H,47,62)(H,48,60)(H,49,61)(H,64,65)/t21-,24-,25-,26-,27-,28-,29-,30-,32-/m0/s1. The zero-order valence-electron chi connectivity index (χ0n) is 36.4. The van der Waals surface area contributed by atoms with Crippen LogP contribution in [0, 0.1) is 5.92 Å². The lowest BCUT2D eigenvalue weighted by Crippen LogP contribution is -2.62. The Morgan fingerprint density at radius 3 is 1.65 bits per heavy atom. The van der Waals surface area contributed by atoms with Crippen LogP contribution in [-0.2, 0) is 49.6 Å². The lowest BCUT2D eigenvalue weighted by Gasteiger charge is -2.29. The summed E-state index contributed by atoms with van der Waals surface area (Å²) in [6.07, 6.45) is 1.43. The second-order valence-corrected chi connectivity index (χ2v) is 15.4. The molecule has 25 heteroatoms. The quantitative estimate of drug-likeness (QED) is 0.0348. The highest BCUT2D eigenvalue weighted by molar-refractivity contribution is 5.98. The van der Waals surface area contributed by atoms with Crippen molar-refractivity contribution in [2.75, 3.05) is 46.1 Å². The summed E-state index contributed by atoms with van der Waals surface area (Å²) >= 11 is 0. The largest absolute Gasteiger partial charge is 0.508 e. The highest BCUT2D eigenvalue weighted by Crippen LogP contribution is 2.18. The summed E-state index contributed by atoms with van der Waals surface area (Å²) in [6, 6.07) is -6.58. The Morgan fingerprint density at radius 1 is 0.662 bits per heavy atom. The molecule has 0 aromatic heterocycles. The highest BCUT2D eigenvalue weighted by Gasteiger charge is 2.38. The Kier molecular flexibility index (Phi) is 23.8. The van der Waals surface area contributed by atoms with Gasteiger partial charge in [0.1, 0.15) is 54.1 Å². The Balaban J connectivity index is 2.31. The number of nitrogens with two attached hydrogens (primary N) is 2. The molecule has 0 saturated carbocycles. The number of phenolic OH excluding ortho intramolecular Hbond substituents is 1. The fourth-order valence-electron chi connectivity index (χ4n) is 6.64. The molecule has 0 unspecified atom stereocenters. The van der Waals surface area contributed by atoms with Crippen LogP contribution in [0.4, 0.5) is 0 Å². The van der Waals surface area contributed by atoms with Crippen molar-refractivity contribution in [2.24, 2.45) is 17.4 Å². The number of carboxylic acids is 1. The number of hydrogen-bond donors (Lipinski definition) is 15. The van der Waals surface area contributed by atoms with E-state index >= 15 is 0 Å². The highest BCUT2D eigenvalue weighted by atomic mass is 16.4. The molecule has 17 N–H and O–H groups in total. The van der Waals surface area contributed by atoms with Crippen molar-refractivity contribution in [3.63, 3.8) is 0 Å². The van der Waals surface area contributed by atoms with E-state index in [0.29, 0.717) is 18.4 Å². The average molecular weight is 925 g/mol. The number of aliphatic carboxylic acids is 1. The maximum atomic E-state index is 13.9. The Morgan fingerprint density at radius 2 is 1.14 bits per heavy atom. The lowest BCUT2D eigenvalue weighted by molar-refractivity contribution is -0.143. The van der Waals surface area contributed by atoms with Gasteiger partial charge in [-0.05, 0) is 62.3 Å². The minimum atomic E-state index is -1.75. The number of carbonyl (C=O) groups excluding carboxylic acids is 8. The SMILES string of the molecule is CC[C@H](C)[C@H](NC(=O)[C@H](CO)NC(=O)[C@H](Cc1ccc(O)cc1)NC(=O)[C@H](CO)NC(=O)[C@@H]1CCCN1C(=O)CN)C(=O)N[C@@H](CCCCN)C(=O)N[C@@H](CO)C(=O)N[C@@H](CO)C(=O)O. The number of rotatable bonds is 28. The predicted molar refractivity (Wildman–Crippen MR) is 227 cm³/mol. The van der Waals surface area contributed by atoms with E-state index in [1.54, 1.807) is 13.8 Å². The van der Waals surface area contributed by atoms with Crippen LogP contribution in [0.1, 0.15) is 57.9 Å². The zero-order valence-corrected chi connectivity index (χ0v) is 36.4. The number of hydrogen-bond acceptors (Lipinski definition) is 16. The van der Waals surface area contributed by atoms with Gasteiger partial charge in [-0.25, -0.2) is 4.79 Å². The minimum absolute atomic E-state index is 0.0403. The number of carbonyl (C=O) groups is 9. The van der Waals surface area contributed by atoms with Crippen LogP contribution in [0.3, 0.4) is 0 Å². The average Bonchev–Trinajstić information content (AvgIpc) is 3.79. The molecule has 0 radical (unpaired) electrons. The van der Waals surface area contributed by atoms with E-state index in [-0.39, 0.29) is 57.5 Å². The van der Waals surface area contributed by atoms with Crippen molar-refractivity contribution in [3.05, 3.63) is 29.8 Å². The van der Waals surface area contributed by atoms with Gasteiger partial charge in [0.2, 0.25) is 47.3 Å². The maximum Gasteiger partial charge on any atom is 0.328 e. The second-order valence-electron chi connectivity index (χ2n) is 15.4. The molecule has 1 saturated heterocycles. The predicted octanol–water partition coefficient (Wildman–Crippen LogP) is -6.49. The number of amides is 8. The van der Waals surface area contributed by atoms with Gasteiger partial charge in [0, 0.05) is 13.0 Å². The Bertz CT molecular complexity index is 1790. The van der Waals surface area contributed by atoms with Crippen LogP contribution in [0.5, 0.6) is 5.75 Å². The van der Waals surface area contributed by atoms with Gasteiger partial charge in [-0.3, -0.25) is 38.4 Å². The molecule has 1 aromatic rings. The maximum absolute atomic E-state index is 13.9. The number of benzene rings is 1.